The molecule has 0 unspecified atom stereocenters. The van der Waals surface area contributed by atoms with Crippen molar-refractivity contribution >= 4 is 0 Å². The molecular weight excluding hydrogens is 200 g/mol. The number of hydrogen-bond donors (Lipinski definition) is 1. The van der Waals surface area contributed by atoms with Gasteiger partial charge in [-0.3, -0.25) is 4.90 Å². The third-order valence-corrected chi connectivity index (χ3v) is 3.01. The summed E-state index contributed by atoms with van der Waals surface area (Å²) in [4.78, 5) is 2.45. The topological polar surface area (TPSA) is 38.5 Å². The zero-order chi connectivity index (χ0) is 11.2. The van der Waals surface area contributed by atoms with E-state index in [1.54, 1.807) is 0 Å². The first-order valence-corrected chi connectivity index (χ1v) is 6.02. The standard InChI is InChI=1S/C13H20N2O/c14-11-12-4-3-5-13(10-12)16-9-8-15-6-1-2-7-15/h3-5,10H,1-2,6-9,11,14H2. The van der Waals surface area contributed by atoms with Crippen LogP contribution in [0.4, 0.5) is 0 Å². The largest absolute Gasteiger partial charge is 0.492 e. The maximum Gasteiger partial charge on any atom is 0.119 e. The van der Waals surface area contributed by atoms with Gasteiger partial charge >= 0.3 is 0 Å². The van der Waals surface area contributed by atoms with Crippen LogP contribution < -0.4 is 10.5 Å². The number of nitrogens with two attached hydrogens (primary N) is 1. The van der Waals surface area contributed by atoms with Crippen molar-refractivity contribution in [3.05, 3.63) is 29.8 Å². The van der Waals surface area contributed by atoms with Gasteiger partial charge in [-0.05, 0) is 43.6 Å². The summed E-state index contributed by atoms with van der Waals surface area (Å²) in [6.07, 6.45) is 2.67. The summed E-state index contributed by atoms with van der Waals surface area (Å²) >= 11 is 0. The second-order valence-electron chi connectivity index (χ2n) is 4.25. The summed E-state index contributed by atoms with van der Waals surface area (Å²) in [6.45, 7) is 4.84. The highest BCUT2D eigenvalue weighted by molar-refractivity contribution is 5.28. The maximum absolute atomic E-state index is 5.71. The molecule has 0 saturated carbocycles. The lowest BCUT2D eigenvalue weighted by molar-refractivity contribution is 0.237. The van der Waals surface area contributed by atoms with E-state index in [-0.39, 0.29) is 0 Å². The third kappa shape index (κ3) is 3.22. The molecule has 0 atom stereocenters. The minimum atomic E-state index is 0.573. The normalized spacial score (nSPS) is 16.6. The van der Waals surface area contributed by atoms with Crippen molar-refractivity contribution in [2.45, 2.75) is 19.4 Å². The van der Waals surface area contributed by atoms with Gasteiger partial charge in [0.15, 0.2) is 0 Å². The second kappa shape index (κ2) is 5.87. The lowest BCUT2D eigenvalue weighted by atomic mass is 10.2. The Kier molecular flexibility index (Phi) is 4.19. The molecule has 3 heteroatoms. The van der Waals surface area contributed by atoms with Gasteiger partial charge < -0.3 is 10.5 Å². The fraction of sp³-hybridized carbons (Fsp3) is 0.538. The van der Waals surface area contributed by atoms with E-state index in [2.05, 4.69) is 4.90 Å². The third-order valence-electron chi connectivity index (χ3n) is 3.01. The van der Waals surface area contributed by atoms with E-state index in [9.17, 15) is 0 Å². The molecule has 1 heterocycles. The van der Waals surface area contributed by atoms with Crippen LogP contribution in [0, 0.1) is 0 Å². The quantitative estimate of drug-likeness (QED) is 0.819. The molecule has 2 rings (SSSR count). The fourth-order valence-corrected chi connectivity index (χ4v) is 2.06. The number of rotatable bonds is 5. The first-order chi connectivity index (χ1) is 7.88. The van der Waals surface area contributed by atoms with E-state index in [1.165, 1.54) is 25.9 Å². The molecule has 1 aliphatic rings. The number of hydrogen-bond acceptors (Lipinski definition) is 3. The molecule has 2 N–H and O–H groups in total. The molecule has 88 valence electrons. The van der Waals surface area contributed by atoms with Gasteiger partial charge in [0.2, 0.25) is 0 Å². The number of ether oxygens (including phenoxy) is 1. The first-order valence-electron chi connectivity index (χ1n) is 6.02. The van der Waals surface area contributed by atoms with E-state index in [0.717, 1.165) is 24.5 Å². The van der Waals surface area contributed by atoms with Crippen molar-refractivity contribution in [3.63, 3.8) is 0 Å². The van der Waals surface area contributed by atoms with Crippen LogP contribution in [0.1, 0.15) is 18.4 Å². The lowest BCUT2D eigenvalue weighted by Crippen LogP contribution is -2.25. The van der Waals surface area contributed by atoms with Gasteiger partial charge in [0.1, 0.15) is 12.4 Å². The van der Waals surface area contributed by atoms with E-state index in [1.807, 2.05) is 24.3 Å². The van der Waals surface area contributed by atoms with Gasteiger partial charge in [-0.1, -0.05) is 12.1 Å². The summed E-state index contributed by atoms with van der Waals surface area (Å²) < 4.78 is 5.71. The van der Waals surface area contributed by atoms with Crippen LogP contribution in [-0.4, -0.2) is 31.1 Å². The Morgan fingerprint density at radius 3 is 2.81 bits per heavy atom. The molecule has 3 nitrogen and oxygen atoms in total. The van der Waals surface area contributed by atoms with E-state index in [4.69, 9.17) is 10.5 Å². The monoisotopic (exact) mass is 220 g/mol. The smallest absolute Gasteiger partial charge is 0.119 e. The lowest BCUT2D eigenvalue weighted by Gasteiger charge is -2.15. The highest BCUT2D eigenvalue weighted by atomic mass is 16.5. The van der Waals surface area contributed by atoms with Crippen molar-refractivity contribution in [3.8, 4) is 5.75 Å². The Balaban J connectivity index is 1.75. The number of likely N-dealkylation sites (tertiary alicyclic amines) is 1. The van der Waals surface area contributed by atoms with Gasteiger partial charge in [-0.25, -0.2) is 0 Å². The minimum Gasteiger partial charge on any atom is -0.492 e. The Morgan fingerprint density at radius 1 is 1.25 bits per heavy atom. The van der Waals surface area contributed by atoms with Crippen LogP contribution >= 0.6 is 0 Å². The zero-order valence-corrected chi connectivity index (χ0v) is 9.69. The first kappa shape index (κ1) is 11.4. The van der Waals surface area contributed by atoms with Crippen molar-refractivity contribution in [2.24, 2.45) is 5.73 Å². The van der Waals surface area contributed by atoms with Crippen molar-refractivity contribution in [1.82, 2.24) is 4.90 Å². The highest BCUT2D eigenvalue weighted by Crippen LogP contribution is 2.13. The van der Waals surface area contributed by atoms with Crippen molar-refractivity contribution in [1.29, 1.82) is 0 Å². The average Bonchev–Trinajstić information content (AvgIpc) is 2.82. The SMILES string of the molecule is NCc1cccc(OCCN2CCCC2)c1. The summed E-state index contributed by atoms with van der Waals surface area (Å²) in [7, 11) is 0. The second-order valence-corrected chi connectivity index (χ2v) is 4.25. The van der Waals surface area contributed by atoms with E-state index in [0.29, 0.717) is 6.54 Å². The Labute approximate surface area is 97.2 Å². The van der Waals surface area contributed by atoms with Gasteiger partial charge in [0.25, 0.3) is 0 Å². The van der Waals surface area contributed by atoms with E-state index >= 15 is 0 Å². The molecule has 0 amide bonds. The van der Waals surface area contributed by atoms with Crippen LogP contribution in [0.25, 0.3) is 0 Å². The molecule has 1 fully saturated rings. The van der Waals surface area contributed by atoms with Crippen LogP contribution in [0.5, 0.6) is 5.75 Å². The minimum absolute atomic E-state index is 0.573. The molecule has 1 aromatic rings. The number of benzene rings is 1. The number of nitrogens with zero attached hydrogens (tertiary/aromatic N) is 1. The summed E-state index contributed by atoms with van der Waals surface area (Å²) in [5, 5.41) is 0. The molecule has 0 aliphatic carbocycles. The van der Waals surface area contributed by atoms with Crippen LogP contribution in [0.3, 0.4) is 0 Å². The van der Waals surface area contributed by atoms with Crippen LogP contribution in [0.15, 0.2) is 24.3 Å². The Bertz CT molecular complexity index is 321. The molecule has 0 spiro atoms. The summed E-state index contributed by atoms with van der Waals surface area (Å²) in [5.74, 6) is 0.933. The molecule has 1 aromatic carbocycles. The summed E-state index contributed by atoms with van der Waals surface area (Å²) in [6, 6.07) is 8.02. The molecule has 1 saturated heterocycles. The predicted octanol–water partition coefficient (Wildman–Crippen LogP) is 1.62. The Hall–Kier alpha value is -1.06. The highest BCUT2D eigenvalue weighted by Gasteiger charge is 2.10. The predicted molar refractivity (Wildman–Crippen MR) is 65.5 cm³/mol. The Morgan fingerprint density at radius 2 is 2.06 bits per heavy atom. The van der Waals surface area contributed by atoms with Gasteiger partial charge in [0, 0.05) is 13.1 Å². The van der Waals surface area contributed by atoms with Gasteiger partial charge in [-0.15, -0.1) is 0 Å². The molecule has 0 bridgehead atoms. The average molecular weight is 220 g/mol. The molecule has 1 aliphatic heterocycles. The van der Waals surface area contributed by atoms with Gasteiger partial charge in [-0.2, -0.15) is 0 Å². The fourth-order valence-electron chi connectivity index (χ4n) is 2.06. The van der Waals surface area contributed by atoms with Crippen molar-refractivity contribution < 1.29 is 4.74 Å². The maximum atomic E-state index is 5.71. The van der Waals surface area contributed by atoms with Gasteiger partial charge in [0.05, 0.1) is 0 Å². The van der Waals surface area contributed by atoms with Crippen LogP contribution in [-0.2, 0) is 6.54 Å². The molecule has 0 radical (unpaired) electrons. The van der Waals surface area contributed by atoms with Crippen LogP contribution in [0.2, 0.25) is 0 Å². The molecule has 16 heavy (non-hydrogen) atoms. The van der Waals surface area contributed by atoms with Crippen molar-refractivity contribution in [2.75, 3.05) is 26.2 Å². The molecule has 0 aromatic heterocycles. The summed E-state index contributed by atoms with van der Waals surface area (Å²) in [5.41, 5.74) is 6.71. The molecular formula is C13H20N2O. The van der Waals surface area contributed by atoms with E-state index < -0.39 is 0 Å². The zero-order valence-electron chi connectivity index (χ0n) is 9.69.